The highest BCUT2D eigenvalue weighted by atomic mass is 35.5. The van der Waals surface area contributed by atoms with E-state index in [2.05, 4.69) is 22.4 Å². The van der Waals surface area contributed by atoms with E-state index in [0.717, 1.165) is 12.2 Å². The van der Waals surface area contributed by atoms with E-state index >= 15 is 0 Å². The van der Waals surface area contributed by atoms with Crippen molar-refractivity contribution in [2.24, 2.45) is 0 Å². The molecule has 1 N–H and O–H groups in total. The number of anilines is 1. The van der Waals surface area contributed by atoms with Crippen LogP contribution in [0.5, 0.6) is 5.75 Å². The molecule has 0 atom stereocenters. The first-order chi connectivity index (χ1) is 15.4. The van der Waals surface area contributed by atoms with Gasteiger partial charge in [-0.3, -0.25) is 14.9 Å². The Labute approximate surface area is 194 Å². The maximum Gasteiger partial charge on any atom is 0.289 e. The second-order valence-electron chi connectivity index (χ2n) is 6.69. The number of carbonyl (C=O) groups excluding carboxylic acids is 1. The third-order valence-electron chi connectivity index (χ3n) is 4.57. The number of rotatable bonds is 10. The number of halogens is 1. The summed E-state index contributed by atoms with van der Waals surface area (Å²) in [5, 5.41) is 22.6. The summed E-state index contributed by atoms with van der Waals surface area (Å²) in [5.74, 6) is 1.14. The molecule has 1 aromatic heterocycles. The third-order valence-corrected chi connectivity index (χ3v) is 5.85. The SMILES string of the molecule is CCc1ccc(OCc2nnc(SCC(=O)Nc3ccc(Cl)c([N+](=O)[O-])c3)n2CC)cc1. The number of hydrogen-bond donors (Lipinski definition) is 1. The molecule has 168 valence electrons. The monoisotopic (exact) mass is 475 g/mol. The number of aromatic nitrogens is 3. The van der Waals surface area contributed by atoms with Crippen LogP contribution in [-0.2, 0) is 24.4 Å². The quantitative estimate of drug-likeness (QED) is 0.256. The lowest BCUT2D eigenvalue weighted by Gasteiger charge is -2.09. The predicted octanol–water partition coefficient (Wildman–Crippen LogP) is 4.73. The standard InChI is InChI=1S/C21H22ClN5O4S/c1-3-14-5-8-16(9-6-14)31-12-19-24-25-21(26(19)4-2)32-13-20(28)23-15-7-10-17(22)18(11-15)27(29)30/h5-11H,3-4,12-13H2,1-2H3,(H,23,28). The molecule has 3 aromatic rings. The van der Waals surface area contributed by atoms with E-state index in [4.69, 9.17) is 16.3 Å². The zero-order valence-corrected chi connectivity index (χ0v) is 19.2. The summed E-state index contributed by atoms with van der Waals surface area (Å²) in [7, 11) is 0. The maximum atomic E-state index is 12.3. The number of nitrogens with zero attached hydrogens (tertiary/aromatic N) is 4. The van der Waals surface area contributed by atoms with Crippen LogP contribution in [0, 0.1) is 10.1 Å². The lowest BCUT2D eigenvalue weighted by atomic mass is 10.2. The second kappa shape index (κ2) is 11.0. The van der Waals surface area contributed by atoms with Crippen LogP contribution in [0.2, 0.25) is 5.02 Å². The van der Waals surface area contributed by atoms with Crippen molar-refractivity contribution >= 4 is 40.6 Å². The van der Waals surface area contributed by atoms with E-state index < -0.39 is 4.92 Å². The molecule has 3 rings (SSSR count). The minimum absolute atomic E-state index is 0.00877. The van der Waals surface area contributed by atoms with Crippen LogP contribution in [-0.4, -0.2) is 31.3 Å². The number of amides is 1. The molecule has 0 bridgehead atoms. The lowest BCUT2D eigenvalue weighted by molar-refractivity contribution is -0.384. The zero-order valence-electron chi connectivity index (χ0n) is 17.6. The van der Waals surface area contributed by atoms with Crippen LogP contribution in [0.1, 0.15) is 25.2 Å². The molecule has 0 aliphatic carbocycles. The van der Waals surface area contributed by atoms with E-state index in [-0.39, 0.29) is 29.0 Å². The summed E-state index contributed by atoms with van der Waals surface area (Å²) in [6.45, 7) is 4.93. The Morgan fingerprint density at radius 1 is 1.22 bits per heavy atom. The van der Waals surface area contributed by atoms with Gasteiger partial charge in [0.1, 0.15) is 17.4 Å². The number of carbonyl (C=O) groups is 1. The predicted molar refractivity (Wildman–Crippen MR) is 123 cm³/mol. The number of nitro groups is 1. The van der Waals surface area contributed by atoms with Gasteiger partial charge in [0.05, 0.1) is 10.7 Å². The fraction of sp³-hybridized carbons (Fsp3) is 0.286. The van der Waals surface area contributed by atoms with Gasteiger partial charge in [-0.2, -0.15) is 0 Å². The summed E-state index contributed by atoms with van der Waals surface area (Å²) in [6, 6.07) is 12.0. The molecule has 0 aliphatic heterocycles. The van der Waals surface area contributed by atoms with Crippen LogP contribution in [0.4, 0.5) is 11.4 Å². The van der Waals surface area contributed by atoms with Gasteiger partial charge >= 0.3 is 0 Å². The number of thioether (sulfide) groups is 1. The summed E-state index contributed by atoms with van der Waals surface area (Å²) in [6.07, 6.45) is 0.966. The van der Waals surface area contributed by atoms with Crippen LogP contribution in [0.3, 0.4) is 0 Å². The molecule has 9 nitrogen and oxygen atoms in total. The van der Waals surface area contributed by atoms with Crippen molar-refractivity contribution < 1.29 is 14.5 Å². The van der Waals surface area contributed by atoms with Gasteiger partial charge in [0.25, 0.3) is 5.69 Å². The Balaban J connectivity index is 1.58. The normalized spacial score (nSPS) is 10.7. The van der Waals surface area contributed by atoms with Crippen molar-refractivity contribution in [2.45, 2.75) is 38.6 Å². The first-order valence-electron chi connectivity index (χ1n) is 9.91. The third kappa shape index (κ3) is 5.98. The van der Waals surface area contributed by atoms with Crippen LogP contribution in [0.15, 0.2) is 47.6 Å². The van der Waals surface area contributed by atoms with Gasteiger partial charge in [-0.1, -0.05) is 42.4 Å². The molecule has 1 heterocycles. The first-order valence-corrected chi connectivity index (χ1v) is 11.3. The molecule has 0 spiro atoms. The fourth-order valence-corrected chi connectivity index (χ4v) is 3.88. The van der Waals surface area contributed by atoms with Crippen LogP contribution in [0.25, 0.3) is 0 Å². The van der Waals surface area contributed by atoms with E-state index in [9.17, 15) is 14.9 Å². The summed E-state index contributed by atoms with van der Waals surface area (Å²) < 4.78 is 7.69. The average Bonchev–Trinajstić information content (AvgIpc) is 3.19. The maximum absolute atomic E-state index is 12.3. The number of hydrogen-bond acceptors (Lipinski definition) is 7. The summed E-state index contributed by atoms with van der Waals surface area (Å²) in [4.78, 5) is 22.7. The molecule has 2 aromatic carbocycles. The molecule has 0 radical (unpaired) electrons. The van der Waals surface area contributed by atoms with Gasteiger partial charge in [-0.25, -0.2) is 0 Å². The lowest BCUT2D eigenvalue weighted by Crippen LogP contribution is -2.15. The van der Waals surface area contributed by atoms with Gasteiger partial charge < -0.3 is 14.6 Å². The van der Waals surface area contributed by atoms with Crippen molar-refractivity contribution in [3.63, 3.8) is 0 Å². The number of nitrogens with one attached hydrogen (secondary N) is 1. The Hall–Kier alpha value is -3.11. The van der Waals surface area contributed by atoms with Crippen molar-refractivity contribution in [3.8, 4) is 5.75 Å². The smallest absolute Gasteiger partial charge is 0.289 e. The molecule has 32 heavy (non-hydrogen) atoms. The van der Waals surface area contributed by atoms with Crippen molar-refractivity contribution in [1.82, 2.24) is 14.8 Å². The van der Waals surface area contributed by atoms with E-state index in [1.165, 1.54) is 35.5 Å². The Kier molecular flexibility index (Phi) is 8.07. The van der Waals surface area contributed by atoms with Crippen LogP contribution >= 0.6 is 23.4 Å². The van der Waals surface area contributed by atoms with Gasteiger partial charge in [0.2, 0.25) is 5.91 Å². The molecular weight excluding hydrogens is 454 g/mol. The zero-order chi connectivity index (χ0) is 23.1. The molecule has 0 unspecified atom stereocenters. The highest BCUT2D eigenvalue weighted by molar-refractivity contribution is 7.99. The van der Waals surface area contributed by atoms with E-state index in [1.54, 1.807) is 0 Å². The number of nitro benzene ring substituents is 1. The van der Waals surface area contributed by atoms with Crippen LogP contribution < -0.4 is 10.1 Å². The van der Waals surface area contributed by atoms with E-state index in [0.29, 0.717) is 23.2 Å². The minimum Gasteiger partial charge on any atom is -0.486 e. The number of benzene rings is 2. The van der Waals surface area contributed by atoms with Crippen molar-refractivity contribution in [1.29, 1.82) is 0 Å². The largest absolute Gasteiger partial charge is 0.486 e. The fourth-order valence-electron chi connectivity index (χ4n) is 2.88. The number of ether oxygens (including phenoxy) is 1. The molecule has 0 saturated heterocycles. The number of aryl methyl sites for hydroxylation is 1. The first kappa shape index (κ1) is 23.6. The summed E-state index contributed by atoms with van der Waals surface area (Å²) >= 11 is 7.02. The molecular formula is C21H22ClN5O4S. The Morgan fingerprint density at radius 3 is 2.62 bits per heavy atom. The summed E-state index contributed by atoms with van der Waals surface area (Å²) in [5.41, 5.74) is 1.27. The van der Waals surface area contributed by atoms with Gasteiger partial charge in [0, 0.05) is 18.3 Å². The van der Waals surface area contributed by atoms with Gasteiger partial charge in [-0.15, -0.1) is 10.2 Å². The molecule has 0 saturated carbocycles. The second-order valence-corrected chi connectivity index (χ2v) is 8.04. The van der Waals surface area contributed by atoms with Crippen molar-refractivity contribution in [2.75, 3.05) is 11.1 Å². The van der Waals surface area contributed by atoms with Gasteiger partial charge in [-0.05, 0) is 43.2 Å². The molecule has 11 heteroatoms. The van der Waals surface area contributed by atoms with Crippen molar-refractivity contribution in [3.05, 3.63) is 69.0 Å². The molecule has 0 aliphatic rings. The Morgan fingerprint density at radius 2 is 1.97 bits per heavy atom. The van der Waals surface area contributed by atoms with Gasteiger partial charge in [0.15, 0.2) is 11.0 Å². The Bertz CT molecular complexity index is 1100. The highest BCUT2D eigenvalue weighted by Gasteiger charge is 2.16. The highest BCUT2D eigenvalue weighted by Crippen LogP contribution is 2.27. The minimum atomic E-state index is -0.599. The topological polar surface area (TPSA) is 112 Å². The van der Waals surface area contributed by atoms with E-state index in [1.807, 2.05) is 35.8 Å². The molecule has 0 fully saturated rings. The average molecular weight is 476 g/mol. The molecule has 1 amide bonds.